The molecule has 1 aromatic carbocycles. The van der Waals surface area contributed by atoms with Crippen LogP contribution in [0.15, 0.2) is 54.6 Å². The summed E-state index contributed by atoms with van der Waals surface area (Å²) in [4.78, 5) is 44.8. The first-order valence-corrected chi connectivity index (χ1v) is 13.3. The van der Waals surface area contributed by atoms with E-state index in [1.54, 1.807) is 4.90 Å². The fourth-order valence-electron chi connectivity index (χ4n) is 6.04. The summed E-state index contributed by atoms with van der Waals surface area (Å²) >= 11 is 1.53. The topological polar surface area (TPSA) is 87.2 Å². The Bertz CT molecular complexity index is 1040. The van der Waals surface area contributed by atoms with Crippen molar-refractivity contribution < 1.29 is 24.2 Å². The second-order valence-corrected chi connectivity index (χ2v) is 11.2. The number of ether oxygens (including phenoxy) is 1. The number of rotatable bonds is 7. The monoisotopic (exact) mass is 496 g/mol. The fourth-order valence-corrected chi connectivity index (χ4v) is 8.02. The number of cyclic esters (lactones) is 1. The summed E-state index contributed by atoms with van der Waals surface area (Å²) in [7, 11) is 0. The molecule has 2 saturated heterocycles. The van der Waals surface area contributed by atoms with Crippen LogP contribution in [-0.2, 0) is 25.5 Å². The van der Waals surface area contributed by atoms with E-state index in [9.17, 15) is 19.5 Å². The van der Waals surface area contributed by atoms with Crippen LogP contribution in [0.3, 0.4) is 0 Å². The molecule has 0 aromatic heterocycles. The van der Waals surface area contributed by atoms with E-state index in [1.165, 1.54) is 11.8 Å². The van der Waals surface area contributed by atoms with Gasteiger partial charge in [-0.2, -0.15) is 0 Å². The minimum atomic E-state index is -0.880. The fraction of sp³-hybridized carbons (Fsp3) is 0.519. The van der Waals surface area contributed by atoms with Gasteiger partial charge in [0.2, 0.25) is 11.8 Å². The highest BCUT2D eigenvalue weighted by Gasteiger charge is 2.71. The highest BCUT2D eigenvalue weighted by Crippen LogP contribution is 2.61. The molecule has 35 heavy (non-hydrogen) atoms. The van der Waals surface area contributed by atoms with E-state index in [0.29, 0.717) is 19.5 Å². The lowest BCUT2D eigenvalue weighted by atomic mass is 9.78. The zero-order valence-electron chi connectivity index (χ0n) is 19.9. The Morgan fingerprint density at radius 2 is 1.97 bits per heavy atom. The number of thioether (sulfide) groups is 1. The second kappa shape index (κ2) is 9.82. The summed E-state index contributed by atoms with van der Waals surface area (Å²) in [5.74, 6) is -2.11. The van der Waals surface area contributed by atoms with E-state index in [0.717, 1.165) is 18.4 Å². The largest absolute Gasteiger partial charge is 0.461 e. The summed E-state index contributed by atoms with van der Waals surface area (Å²) in [5, 5.41) is 10.2. The van der Waals surface area contributed by atoms with Crippen molar-refractivity contribution in [3.8, 4) is 0 Å². The summed E-state index contributed by atoms with van der Waals surface area (Å²) in [6, 6.07) is 8.33. The summed E-state index contributed by atoms with van der Waals surface area (Å²) < 4.78 is 4.54. The Morgan fingerprint density at radius 1 is 1.17 bits per heavy atom. The van der Waals surface area contributed by atoms with Crippen molar-refractivity contribution in [2.75, 3.05) is 26.3 Å². The molecule has 1 N–H and O–H groups in total. The maximum Gasteiger partial charge on any atom is 0.311 e. The zero-order valence-corrected chi connectivity index (χ0v) is 20.7. The van der Waals surface area contributed by atoms with Gasteiger partial charge in [-0.15, -0.1) is 11.8 Å². The van der Waals surface area contributed by atoms with Gasteiger partial charge in [0, 0.05) is 18.3 Å². The van der Waals surface area contributed by atoms with E-state index in [4.69, 9.17) is 4.74 Å². The van der Waals surface area contributed by atoms with Crippen molar-refractivity contribution in [3.05, 3.63) is 60.2 Å². The van der Waals surface area contributed by atoms with Crippen molar-refractivity contribution >= 4 is 29.5 Å². The van der Waals surface area contributed by atoms with Crippen molar-refractivity contribution in [2.24, 2.45) is 11.8 Å². The number of carbonyl (C=O) groups is 3. The number of nitrogens with zero attached hydrogens (tertiary/aromatic N) is 2. The predicted molar refractivity (Wildman–Crippen MR) is 133 cm³/mol. The lowest BCUT2D eigenvalue weighted by Crippen LogP contribution is -2.57. The van der Waals surface area contributed by atoms with E-state index in [2.05, 4.69) is 6.92 Å². The van der Waals surface area contributed by atoms with Crippen molar-refractivity contribution in [1.29, 1.82) is 0 Å². The lowest BCUT2D eigenvalue weighted by molar-refractivity contribution is -0.152. The first kappa shape index (κ1) is 24.1. The molecule has 8 heteroatoms. The molecule has 6 atom stereocenters. The number of hydrogen-bond acceptors (Lipinski definition) is 6. The third kappa shape index (κ3) is 4.00. The average molecular weight is 497 g/mol. The Labute approximate surface area is 210 Å². The van der Waals surface area contributed by atoms with Gasteiger partial charge in [0.05, 0.1) is 29.2 Å². The number of aliphatic hydroxyl groups is 1. The standard InChI is InChI=1S/C27H32N2O5S/c1-2-3-13-28-14-8-12-27-22(21-20(35-27)11-7-15-34-26(21)33)24(31)29(23(27)25(28)32)19(17-30)16-18-9-5-4-6-10-18/h4-12,19-23,30H,2-3,13-17H2,1H3/t19-,20-,21+,22+,23?,27+/m1/s1. The zero-order chi connectivity index (χ0) is 24.6. The molecular formula is C27H32N2O5S. The van der Waals surface area contributed by atoms with Crippen LogP contribution >= 0.6 is 11.8 Å². The van der Waals surface area contributed by atoms with Crippen molar-refractivity contribution in [1.82, 2.24) is 9.80 Å². The van der Waals surface area contributed by atoms with E-state index < -0.39 is 28.7 Å². The molecule has 1 aromatic rings. The number of amides is 2. The molecule has 5 rings (SSSR count). The van der Waals surface area contributed by atoms with Gasteiger partial charge in [0.25, 0.3) is 0 Å². The van der Waals surface area contributed by atoms with Gasteiger partial charge in [0.1, 0.15) is 12.6 Å². The summed E-state index contributed by atoms with van der Waals surface area (Å²) in [6.45, 7) is 3.10. The Morgan fingerprint density at radius 3 is 2.71 bits per heavy atom. The number of aliphatic hydroxyl groups excluding tert-OH is 1. The first-order chi connectivity index (χ1) is 17.0. The van der Waals surface area contributed by atoms with Crippen LogP contribution < -0.4 is 0 Å². The molecule has 186 valence electrons. The van der Waals surface area contributed by atoms with Crippen LogP contribution in [0.1, 0.15) is 25.3 Å². The molecule has 2 amide bonds. The summed E-state index contributed by atoms with van der Waals surface area (Å²) in [5.41, 5.74) is 0.979. The van der Waals surface area contributed by atoms with Gasteiger partial charge < -0.3 is 19.6 Å². The van der Waals surface area contributed by atoms with Gasteiger partial charge in [-0.05, 0) is 18.4 Å². The highest BCUT2D eigenvalue weighted by molar-refractivity contribution is 8.02. The molecule has 1 spiro atoms. The molecule has 7 nitrogen and oxygen atoms in total. The molecule has 0 radical (unpaired) electrons. The lowest BCUT2D eigenvalue weighted by Gasteiger charge is -2.38. The van der Waals surface area contributed by atoms with E-state index in [1.807, 2.05) is 59.5 Å². The van der Waals surface area contributed by atoms with Crippen LogP contribution in [0, 0.1) is 11.8 Å². The Kier molecular flexibility index (Phi) is 6.77. The van der Waals surface area contributed by atoms with E-state index >= 15 is 0 Å². The Balaban J connectivity index is 1.59. The van der Waals surface area contributed by atoms with Crippen LogP contribution in [0.25, 0.3) is 0 Å². The molecular weight excluding hydrogens is 464 g/mol. The first-order valence-electron chi connectivity index (χ1n) is 12.5. The molecule has 0 bridgehead atoms. The predicted octanol–water partition coefficient (Wildman–Crippen LogP) is 2.20. The smallest absolute Gasteiger partial charge is 0.311 e. The molecule has 0 saturated carbocycles. The number of likely N-dealkylation sites (tertiary alicyclic amines) is 1. The van der Waals surface area contributed by atoms with Crippen LogP contribution in [0.4, 0.5) is 0 Å². The number of esters is 1. The normalized spacial score (nSPS) is 32.6. The average Bonchev–Trinajstić information content (AvgIpc) is 3.17. The SMILES string of the molecule is CCCCN1CC=C[C@]23S[C@@H]4C=CCOC(=O)[C@@H]4[C@H]2C(=O)N([C@@H](CO)Cc2ccccc2)C3C1=O. The Hall–Kier alpha value is -2.58. The van der Waals surface area contributed by atoms with Crippen molar-refractivity contribution in [2.45, 2.75) is 48.3 Å². The van der Waals surface area contributed by atoms with E-state index in [-0.39, 0.29) is 36.2 Å². The maximum atomic E-state index is 14.2. The van der Waals surface area contributed by atoms with Gasteiger partial charge >= 0.3 is 5.97 Å². The maximum absolute atomic E-state index is 14.2. The quantitative estimate of drug-likeness (QED) is 0.460. The van der Waals surface area contributed by atoms with Crippen LogP contribution in [-0.4, -0.2) is 81.1 Å². The molecule has 4 aliphatic rings. The number of hydrogen-bond donors (Lipinski definition) is 1. The summed E-state index contributed by atoms with van der Waals surface area (Å²) in [6.07, 6.45) is 10.0. The number of unbranched alkanes of at least 4 members (excludes halogenated alkanes) is 1. The number of fused-ring (bicyclic) bond motifs is 2. The number of benzene rings is 1. The van der Waals surface area contributed by atoms with Gasteiger partial charge in [-0.25, -0.2) is 0 Å². The van der Waals surface area contributed by atoms with Crippen LogP contribution in [0.2, 0.25) is 0 Å². The molecule has 0 aliphatic carbocycles. The van der Waals surface area contributed by atoms with Crippen LogP contribution in [0.5, 0.6) is 0 Å². The second-order valence-electron chi connectivity index (χ2n) is 9.71. The molecule has 1 unspecified atom stereocenters. The highest BCUT2D eigenvalue weighted by atomic mass is 32.2. The van der Waals surface area contributed by atoms with Gasteiger partial charge in [-0.1, -0.05) is 68.0 Å². The minimum absolute atomic E-state index is 0.105. The minimum Gasteiger partial charge on any atom is -0.461 e. The van der Waals surface area contributed by atoms with Gasteiger partial charge in [-0.3, -0.25) is 14.4 Å². The van der Waals surface area contributed by atoms with Gasteiger partial charge in [0.15, 0.2) is 0 Å². The molecule has 4 heterocycles. The molecule has 2 fully saturated rings. The third-order valence-corrected chi connectivity index (χ3v) is 9.38. The number of carbonyl (C=O) groups excluding carboxylic acids is 3. The molecule has 4 aliphatic heterocycles. The van der Waals surface area contributed by atoms with Crippen molar-refractivity contribution in [3.63, 3.8) is 0 Å². The third-order valence-electron chi connectivity index (χ3n) is 7.63.